The first-order valence-corrected chi connectivity index (χ1v) is 8.58. The van der Waals surface area contributed by atoms with Gasteiger partial charge in [0, 0.05) is 0 Å². The highest BCUT2D eigenvalue weighted by Gasteiger charge is 2.25. The van der Waals surface area contributed by atoms with Crippen LogP contribution in [-0.4, -0.2) is 25.6 Å². The van der Waals surface area contributed by atoms with Gasteiger partial charge in [0.1, 0.15) is 6.61 Å². The molecule has 1 aliphatic rings. The molecule has 2 aromatic carbocycles. The maximum absolute atomic E-state index is 12.2. The highest BCUT2D eigenvalue weighted by atomic mass is 35.5. The second-order valence-corrected chi connectivity index (χ2v) is 6.38. The highest BCUT2D eigenvalue weighted by Crippen LogP contribution is 2.30. The number of halogens is 1. The van der Waals surface area contributed by atoms with Crippen LogP contribution in [0.2, 0.25) is 5.02 Å². The monoisotopic (exact) mass is 383 g/mol. The van der Waals surface area contributed by atoms with E-state index in [9.17, 15) is 4.79 Å². The fourth-order valence-corrected chi connectivity index (χ4v) is 2.63. The molecule has 0 aromatic heterocycles. The number of cyclic esters (lactones) is 1. The van der Waals surface area contributed by atoms with E-state index < -0.39 is 5.97 Å². The van der Waals surface area contributed by atoms with E-state index in [0.717, 1.165) is 11.1 Å². The lowest BCUT2D eigenvalue weighted by molar-refractivity contribution is -0.129. The number of carbonyl (C=O) groups excluding carboxylic acids is 1. The van der Waals surface area contributed by atoms with Crippen LogP contribution in [0.25, 0.3) is 6.08 Å². The van der Waals surface area contributed by atoms with Crippen molar-refractivity contribution in [3.8, 4) is 11.5 Å². The summed E-state index contributed by atoms with van der Waals surface area (Å²) in [7, 11) is 1.57. The van der Waals surface area contributed by atoms with Crippen LogP contribution in [0.15, 0.2) is 65.3 Å². The van der Waals surface area contributed by atoms with Crippen molar-refractivity contribution >= 4 is 29.5 Å². The second-order valence-electron chi connectivity index (χ2n) is 5.97. The predicted molar refractivity (Wildman–Crippen MR) is 105 cm³/mol. The zero-order valence-electron chi connectivity index (χ0n) is 15.0. The molecule has 0 spiro atoms. The molecule has 0 aliphatic carbocycles. The van der Waals surface area contributed by atoms with Crippen molar-refractivity contribution in [3.63, 3.8) is 0 Å². The molecular formula is C21H18ClNO4. The fourth-order valence-electron chi connectivity index (χ4n) is 2.41. The molecule has 0 fully saturated rings. The first-order valence-electron chi connectivity index (χ1n) is 8.20. The Morgan fingerprint density at radius 2 is 2.04 bits per heavy atom. The molecule has 0 N–H and O–H groups in total. The van der Waals surface area contributed by atoms with E-state index in [1.165, 1.54) is 0 Å². The van der Waals surface area contributed by atoms with Crippen LogP contribution in [0.5, 0.6) is 11.5 Å². The molecule has 1 aliphatic heterocycles. The van der Waals surface area contributed by atoms with Crippen LogP contribution in [-0.2, 0) is 9.53 Å². The van der Waals surface area contributed by atoms with Crippen molar-refractivity contribution in [2.75, 3.05) is 13.7 Å². The number of carbonyl (C=O) groups is 1. The number of aliphatic imine (C=N–C) groups is 1. The van der Waals surface area contributed by atoms with Crippen LogP contribution in [0.4, 0.5) is 0 Å². The van der Waals surface area contributed by atoms with Crippen molar-refractivity contribution in [2.24, 2.45) is 4.99 Å². The topological polar surface area (TPSA) is 57.1 Å². The molecule has 6 heteroatoms. The number of ether oxygens (including phenoxy) is 3. The average Bonchev–Trinajstić information content (AvgIpc) is 3.00. The van der Waals surface area contributed by atoms with Crippen molar-refractivity contribution in [3.05, 3.63) is 76.5 Å². The van der Waals surface area contributed by atoms with Gasteiger partial charge < -0.3 is 14.2 Å². The second kappa shape index (κ2) is 8.10. The molecule has 0 atom stereocenters. The van der Waals surface area contributed by atoms with Crippen molar-refractivity contribution in [1.29, 1.82) is 0 Å². The van der Waals surface area contributed by atoms with Gasteiger partial charge in [-0.15, -0.1) is 0 Å². The van der Waals surface area contributed by atoms with Gasteiger partial charge in [-0.3, -0.25) is 0 Å². The van der Waals surface area contributed by atoms with Gasteiger partial charge in [0.25, 0.3) is 0 Å². The maximum atomic E-state index is 12.2. The lowest BCUT2D eigenvalue weighted by atomic mass is 10.1. The summed E-state index contributed by atoms with van der Waals surface area (Å²) in [6.45, 7) is 6.06. The Hall–Kier alpha value is -3.05. The zero-order chi connectivity index (χ0) is 19.4. The number of esters is 1. The smallest absolute Gasteiger partial charge is 0.363 e. The standard InChI is InChI=1S/C21H18ClNO4/c1-13(2)12-26-19-11-14(8-9-18(19)25-3)10-17-21(24)27-20(23-17)15-6-4-5-7-16(15)22/h4-11H,1,12H2,2-3H3/b17-10-. The maximum Gasteiger partial charge on any atom is 0.363 e. The van der Waals surface area contributed by atoms with Gasteiger partial charge >= 0.3 is 5.97 Å². The van der Waals surface area contributed by atoms with Crippen molar-refractivity contribution in [1.82, 2.24) is 0 Å². The Labute approximate surface area is 162 Å². The van der Waals surface area contributed by atoms with Crippen LogP contribution < -0.4 is 9.47 Å². The summed E-state index contributed by atoms with van der Waals surface area (Å²) in [6.07, 6.45) is 1.62. The molecule has 2 aromatic rings. The third-order valence-electron chi connectivity index (χ3n) is 3.69. The van der Waals surface area contributed by atoms with Crippen molar-refractivity contribution < 1.29 is 19.0 Å². The summed E-state index contributed by atoms with van der Waals surface area (Å²) in [6, 6.07) is 12.4. The van der Waals surface area contributed by atoms with Gasteiger partial charge in [0.05, 0.1) is 17.7 Å². The summed E-state index contributed by atoms with van der Waals surface area (Å²) < 4.78 is 16.3. The normalized spacial score (nSPS) is 14.7. The Kier molecular flexibility index (Phi) is 5.62. The number of hydrogen-bond acceptors (Lipinski definition) is 5. The Morgan fingerprint density at radius 3 is 2.74 bits per heavy atom. The van der Waals surface area contributed by atoms with E-state index in [1.807, 2.05) is 6.92 Å². The van der Waals surface area contributed by atoms with Gasteiger partial charge in [-0.05, 0) is 48.4 Å². The summed E-state index contributed by atoms with van der Waals surface area (Å²) in [5, 5.41) is 0.463. The minimum absolute atomic E-state index is 0.181. The van der Waals surface area contributed by atoms with Crippen molar-refractivity contribution in [2.45, 2.75) is 6.92 Å². The van der Waals surface area contributed by atoms with Gasteiger partial charge in [0.15, 0.2) is 17.2 Å². The summed E-state index contributed by atoms with van der Waals surface area (Å²) in [4.78, 5) is 16.5. The molecule has 1 heterocycles. The van der Waals surface area contributed by atoms with Crippen LogP contribution >= 0.6 is 11.6 Å². The molecule has 5 nitrogen and oxygen atoms in total. The average molecular weight is 384 g/mol. The van der Waals surface area contributed by atoms with Crippen LogP contribution in [0.3, 0.4) is 0 Å². The van der Waals surface area contributed by atoms with Gasteiger partial charge in [-0.1, -0.05) is 36.4 Å². The number of rotatable bonds is 6. The van der Waals surface area contributed by atoms with Gasteiger partial charge in [-0.25, -0.2) is 9.79 Å². The molecule has 0 saturated heterocycles. The highest BCUT2D eigenvalue weighted by molar-refractivity contribution is 6.34. The minimum Gasteiger partial charge on any atom is -0.493 e. The number of nitrogens with zero attached hydrogens (tertiary/aromatic N) is 1. The quantitative estimate of drug-likeness (QED) is 0.414. The molecule has 0 saturated carbocycles. The number of methoxy groups -OCH3 is 1. The largest absolute Gasteiger partial charge is 0.493 e. The third-order valence-corrected chi connectivity index (χ3v) is 4.02. The molecule has 138 valence electrons. The van der Waals surface area contributed by atoms with Crippen LogP contribution in [0, 0.1) is 0 Å². The van der Waals surface area contributed by atoms with E-state index in [0.29, 0.717) is 28.7 Å². The zero-order valence-corrected chi connectivity index (χ0v) is 15.7. The predicted octanol–water partition coefficient (Wildman–Crippen LogP) is 4.65. The molecular weight excluding hydrogens is 366 g/mol. The van der Waals surface area contributed by atoms with Gasteiger partial charge in [0.2, 0.25) is 5.90 Å². The van der Waals surface area contributed by atoms with Gasteiger partial charge in [-0.2, -0.15) is 0 Å². The molecule has 0 bridgehead atoms. The van der Waals surface area contributed by atoms with E-state index in [1.54, 1.807) is 55.7 Å². The molecule has 0 radical (unpaired) electrons. The molecule has 3 rings (SSSR count). The Bertz CT molecular complexity index is 962. The SMILES string of the molecule is C=C(C)COc1cc(/C=C2\N=C(c3ccccc3Cl)OC2=O)ccc1OC. The van der Waals surface area contributed by atoms with E-state index in [4.69, 9.17) is 25.8 Å². The van der Waals surface area contributed by atoms with Crippen LogP contribution in [0.1, 0.15) is 18.1 Å². The first kappa shape index (κ1) is 18.7. The molecule has 0 amide bonds. The minimum atomic E-state index is -0.537. The van der Waals surface area contributed by atoms with E-state index >= 15 is 0 Å². The summed E-state index contributed by atoms with van der Waals surface area (Å²) >= 11 is 6.15. The van der Waals surface area contributed by atoms with E-state index in [2.05, 4.69) is 11.6 Å². The third kappa shape index (κ3) is 4.38. The molecule has 27 heavy (non-hydrogen) atoms. The number of hydrogen-bond donors (Lipinski definition) is 0. The lowest BCUT2D eigenvalue weighted by Gasteiger charge is -2.11. The summed E-state index contributed by atoms with van der Waals surface area (Å²) in [5.74, 6) is 0.790. The fraction of sp³-hybridized carbons (Fsp3) is 0.143. The Balaban J connectivity index is 1.91. The summed E-state index contributed by atoms with van der Waals surface area (Å²) in [5.41, 5.74) is 2.36. The first-order chi connectivity index (χ1) is 13.0. The lowest BCUT2D eigenvalue weighted by Crippen LogP contribution is -2.05. The number of benzene rings is 2. The Morgan fingerprint density at radius 1 is 1.26 bits per heavy atom. The van der Waals surface area contributed by atoms with E-state index in [-0.39, 0.29) is 11.6 Å². The molecule has 0 unspecified atom stereocenters.